The van der Waals surface area contributed by atoms with Crippen LogP contribution in [0.15, 0.2) is 24.5 Å². The molecule has 168 valence electrons. The monoisotopic (exact) mass is 451 g/mol. The van der Waals surface area contributed by atoms with Gasteiger partial charge < -0.3 is 14.6 Å². The van der Waals surface area contributed by atoms with Crippen molar-refractivity contribution in [2.24, 2.45) is 0 Å². The summed E-state index contributed by atoms with van der Waals surface area (Å²) in [5.74, 6) is 1.30. The fourth-order valence-electron chi connectivity index (χ4n) is 4.38. The fourth-order valence-corrected chi connectivity index (χ4v) is 5.34. The summed E-state index contributed by atoms with van der Waals surface area (Å²) in [4.78, 5) is 29.2. The van der Waals surface area contributed by atoms with Crippen molar-refractivity contribution in [3.63, 3.8) is 0 Å². The zero-order valence-electron chi connectivity index (χ0n) is 19.2. The van der Waals surface area contributed by atoms with E-state index < -0.39 is 5.60 Å². The summed E-state index contributed by atoms with van der Waals surface area (Å²) in [6.45, 7) is 11.2. The Bertz CT molecular complexity index is 1270. The molecular weight excluding hydrogens is 422 g/mol. The van der Waals surface area contributed by atoms with Crippen molar-refractivity contribution >= 4 is 33.4 Å². The first-order chi connectivity index (χ1) is 15.2. The molecule has 5 rings (SSSR count). The van der Waals surface area contributed by atoms with E-state index in [0.717, 1.165) is 40.4 Å². The van der Waals surface area contributed by atoms with Crippen LogP contribution in [0, 0.1) is 13.8 Å². The highest BCUT2D eigenvalue weighted by Crippen LogP contribution is 2.34. The zero-order chi connectivity index (χ0) is 22.6. The van der Waals surface area contributed by atoms with Crippen molar-refractivity contribution in [2.75, 3.05) is 13.1 Å². The first-order valence-corrected chi connectivity index (χ1v) is 11.9. The van der Waals surface area contributed by atoms with Gasteiger partial charge >= 0.3 is 6.09 Å². The third-order valence-electron chi connectivity index (χ3n) is 5.92. The number of imidazole rings is 2. The molecule has 0 bridgehead atoms. The molecule has 1 aliphatic heterocycles. The van der Waals surface area contributed by atoms with Crippen LogP contribution in [0.4, 0.5) is 4.79 Å². The number of ether oxygens (including phenoxy) is 1. The lowest BCUT2D eigenvalue weighted by molar-refractivity contribution is 0.0204. The van der Waals surface area contributed by atoms with Gasteiger partial charge in [0.2, 0.25) is 0 Å². The number of likely N-dealkylation sites (tertiary alicyclic amines) is 1. The molecule has 0 radical (unpaired) electrons. The van der Waals surface area contributed by atoms with E-state index in [9.17, 15) is 4.79 Å². The Balaban J connectivity index is 1.31. The number of aromatic nitrogens is 4. The summed E-state index contributed by atoms with van der Waals surface area (Å²) < 4.78 is 7.64. The molecule has 0 atom stereocenters. The van der Waals surface area contributed by atoms with Gasteiger partial charge in [0.25, 0.3) is 0 Å². The van der Waals surface area contributed by atoms with Gasteiger partial charge in [-0.05, 0) is 70.7 Å². The second kappa shape index (κ2) is 7.62. The predicted octanol–water partition coefficient (Wildman–Crippen LogP) is 5.67. The molecule has 4 heterocycles. The molecule has 1 saturated heterocycles. The van der Waals surface area contributed by atoms with Crippen LogP contribution >= 0.6 is 11.3 Å². The maximum Gasteiger partial charge on any atom is 0.410 e. The molecular formula is C24H29N5O2S. The highest BCUT2D eigenvalue weighted by atomic mass is 32.1. The summed E-state index contributed by atoms with van der Waals surface area (Å²) in [5.41, 5.74) is 5.11. The molecule has 1 amide bonds. The van der Waals surface area contributed by atoms with Crippen LogP contribution < -0.4 is 0 Å². The molecule has 1 N–H and O–H groups in total. The van der Waals surface area contributed by atoms with E-state index in [1.165, 1.54) is 16.0 Å². The Morgan fingerprint density at radius 2 is 1.91 bits per heavy atom. The number of hydrogen-bond acceptors (Lipinski definition) is 5. The number of aromatic amines is 1. The third kappa shape index (κ3) is 3.99. The van der Waals surface area contributed by atoms with Gasteiger partial charge in [0.15, 0.2) is 4.96 Å². The lowest BCUT2D eigenvalue weighted by Gasteiger charge is -2.32. The van der Waals surface area contributed by atoms with Gasteiger partial charge in [-0.15, -0.1) is 0 Å². The van der Waals surface area contributed by atoms with Crippen LogP contribution in [0.1, 0.15) is 56.6 Å². The van der Waals surface area contributed by atoms with Crippen LogP contribution in [0.2, 0.25) is 0 Å². The number of nitrogens with one attached hydrogen (secondary N) is 1. The number of fused-ring (bicyclic) bond motifs is 2. The van der Waals surface area contributed by atoms with E-state index >= 15 is 0 Å². The lowest BCUT2D eigenvalue weighted by atomic mass is 9.94. The van der Waals surface area contributed by atoms with Crippen molar-refractivity contribution in [3.8, 4) is 10.4 Å². The standard InChI is InChI=1S/C24H29N5O2S/c1-14-10-17(11-18-21(14)26-15(2)25-18)20-13-29-12-19(27-22(29)32-20)16-6-8-28(9-7-16)23(30)31-24(3,4)5/h10-13,16H,6-9H2,1-5H3,(H,25,26). The van der Waals surface area contributed by atoms with Gasteiger partial charge in [0, 0.05) is 31.4 Å². The molecule has 1 fully saturated rings. The van der Waals surface area contributed by atoms with E-state index in [-0.39, 0.29) is 6.09 Å². The van der Waals surface area contributed by atoms with Gasteiger partial charge in [0.1, 0.15) is 11.4 Å². The van der Waals surface area contributed by atoms with Gasteiger partial charge in [0.05, 0.1) is 21.6 Å². The Morgan fingerprint density at radius 1 is 1.16 bits per heavy atom. The molecule has 0 unspecified atom stereocenters. The van der Waals surface area contributed by atoms with Crippen molar-refractivity contribution in [1.82, 2.24) is 24.3 Å². The molecule has 8 heteroatoms. The van der Waals surface area contributed by atoms with Crippen molar-refractivity contribution in [2.45, 2.75) is 59.0 Å². The van der Waals surface area contributed by atoms with E-state index in [4.69, 9.17) is 9.72 Å². The number of rotatable bonds is 2. The van der Waals surface area contributed by atoms with Gasteiger partial charge in [-0.25, -0.2) is 14.8 Å². The minimum Gasteiger partial charge on any atom is -0.444 e. The SMILES string of the molecule is Cc1nc2c(C)cc(-c3cn4cc(C5CCN(C(=O)OC(C)(C)C)CC5)nc4s3)cc2[nH]1. The van der Waals surface area contributed by atoms with Crippen LogP contribution in [-0.2, 0) is 4.74 Å². The Labute approximate surface area is 191 Å². The number of carbonyl (C=O) groups is 1. The minimum atomic E-state index is -0.459. The van der Waals surface area contributed by atoms with E-state index in [0.29, 0.717) is 19.0 Å². The molecule has 32 heavy (non-hydrogen) atoms. The number of aryl methyl sites for hydroxylation is 2. The third-order valence-corrected chi connectivity index (χ3v) is 6.97. The summed E-state index contributed by atoms with van der Waals surface area (Å²) in [6, 6.07) is 4.36. The molecule has 1 aliphatic rings. The van der Waals surface area contributed by atoms with Crippen molar-refractivity contribution in [1.29, 1.82) is 0 Å². The fraction of sp³-hybridized carbons (Fsp3) is 0.458. The van der Waals surface area contributed by atoms with Crippen LogP contribution in [0.25, 0.3) is 26.4 Å². The number of H-pyrrole nitrogens is 1. The van der Waals surface area contributed by atoms with E-state index in [1.54, 1.807) is 11.3 Å². The van der Waals surface area contributed by atoms with Crippen molar-refractivity contribution < 1.29 is 9.53 Å². The number of nitrogens with zero attached hydrogens (tertiary/aromatic N) is 4. The average molecular weight is 452 g/mol. The summed E-state index contributed by atoms with van der Waals surface area (Å²) in [5, 5.41) is 0. The van der Waals surface area contributed by atoms with Crippen LogP contribution in [0.3, 0.4) is 0 Å². The summed E-state index contributed by atoms with van der Waals surface area (Å²) >= 11 is 1.70. The maximum atomic E-state index is 12.3. The average Bonchev–Trinajstić information content (AvgIpc) is 3.39. The molecule has 0 saturated carbocycles. The number of piperidine rings is 1. The van der Waals surface area contributed by atoms with Crippen molar-refractivity contribution in [3.05, 3.63) is 41.6 Å². The van der Waals surface area contributed by atoms with Crippen LogP contribution in [-0.4, -0.2) is 49.0 Å². The Hall–Kier alpha value is -2.87. The molecule has 3 aromatic heterocycles. The molecule has 7 nitrogen and oxygen atoms in total. The topological polar surface area (TPSA) is 75.5 Å². The molecule has 0 spiro atoms. The highest BCUT2D eigenvalue weighted by Gasteiger charge is 2.28. The predicted molar refractivity (Wildman–Crippen MR) is 127 cm³/mol. The van der Waals surface area contributed by atoms with Gasteiger partial charge in [-0.2, -0.15) is 0 Å². The lowest BCUT2D eigenvalue weighted by Crippen LogP contribution is -2.41. The van der Waals surface area contributed by atoms with Gasteiger partial charge in [-0.3, -0.25) is 4.40 Å². The smallest absolute Gasteiger partial charge is 0.410 e. The number of amides is 1. The number of hydrogen-bond donors (Lipinski definition) is 1. The summed E-state index contributed by atoms with van der Waals surface area (Å²) in [6.07, 6.45) is 5.91. The number of thiazole rings is 1. The maximum absolute atomic E-state index is 12.3. The van der Waals surface area contributed by atoms with E-state index in [2.05, 4.69) is 45.8 Å². The molecule has 0 aliphatic carbocycles. The Morgan fingerprint density at radius 3 is 2.59 bits per heavy atom. The van der Waals surface area contributed by atoms with Gasteiger partial charge in [-0.1, -0.05) is 11.3 Å². The zero-order valence-corrected chi connectivity index (χ0v) is 20.0. The quantitative estimate of drug-likeness (QED) is 0.426. The molecule has 1 aromatic carbocycles. The largest absolute Gasteiger partial charge is 0.444 e. The second-order valence-corrected chi connectivity index (χ2v) is 10.7. The second-order valence-electron chi connectivity index (χ2n) is 9.70. The number of carbonyl (C=O) groups excluding carboxylic acids is 1. The Kier molecular flexibility index (Phi) is 5.00. The van der Waals surface area contributed by atoms with Crippen LogP contribution in [0.5, 0.6) is 0 Å². The minimum absolute atomic E-state index is 0.217. The first kappa shape index (κ1) is 21.0. The number of benzene rings is 1. The van der Waals surface area contributed by atoms with E-state index in [1.807, 2.05) is 32.6 Å². The normalized spacial score (nSPS) is 15.7. The molecule has 4 aromatic rings. The first-order valence-electron chi connectivity index (χ1n) is 11.1. The summed E-state index contributed by atoms with van der Waals surface area (Å²) in [7, 11) is 0. The highest BCUT2D eigenvalue weighted by molar-refractivity contribution is 7.20.